The summed E-state index contributed by atoms with van der Waals surface area (Å²) >= 11 is 0. The van der Waals surface area contributed by atoms with Crippen molar-refractivity contribution in [1.82, 2.24) is 10.9 Å². The van der Waals surface area contributed by atoms with Crippen LogP contribution < -0.4 is 10.9 Å². The smallest absolute Gasteiger partial charge is 0.310 e. The third kappa shape index (κ3) is 4.36. The van der Waals surface area contributed by atoms with Crippen molar-refractivity contribution in [3.05, 3.63) is 69.3 Å². The number of nitrogens with one attached hydrogen (secondary N) is 2. The fourth-order valence-corrected chi connectivity index (χ4v) is 1.87. The Morgan fingerprint density at radius 1 is 1.12 bits per heavy atom. The van der Waals surface area contributed by atoms with Crippen LogP contribution in [0, 0.1) is 10.1 Å². The third-order valence-electron chi connectivity index (χ3n) is 3.06. The molecule has 0 radical (unpaired) electrons. The van der Waals surface area contributed by atoms with Crippen LogP contribution in [-0.2, 0) is 0 Å². The highest BCUT2D eigenvalue weighted by molar-refractivity contribution is 5.99. The number of nitrogens with zero attached hydrogens (tertiary/aromatic N) is 2. The van der Waals surface area contributed by atoms with Gasteiger partial charge in [0.2, 0.25) is 0 Å². The molecule has 0 atom stereocenters. The Balaban J connectivity index is 2.07. The summed E-state index contributed by atoms with van der Waals surface area (Å²) in [6.45, 7) is 0. The van der Waals surface area contributed by atoms with Gasteiger partial charge in [0.1, 0.15) is 0 Å². The largest absolute Gasteiger partial charge is 0.502 e. The zero-order valence-corrected chi connectivity index (χ0v) is 12.5. The molecule has 0 bridgehead atoms. The number of aromatic hydroxyl groups is 1. The monoisotopic (exact) mass is 344 g/mol. The van der Waals surface area contributed by atoms with Crippen molar-refractivity contribution in [2.45, 2.75) is 0 Å². The van der Waals surface area contributed by atoms with Gasteiger partial charge in [0.05, 0.1) is 11.1 Å². The van der Waals surface area contributed by atoms with E-state index < -0.39 is 28.2 Å². The van der Waals surface area contributed by atoms with Crippen LogP contribution in [0.1, 0.15) is 26.3 Å². The first-order chi connectivity index (χ1) is 11.9. The Kier molecular flexibility index (Phi) is 5.38. The van der Waals surface area contributed by atoms with Crippen molar-refractivity contribution >= 4 is 23.7 Å². The quantitative estimate of drug-likeness (QED) is 0.276. The molecular formula is C15H12N4O6. The van der Waals surface area contributed by atoms with Gasteiger partial charge in [0.15, 0.2) is 5.75 Å². The van der Waals surface area contributed by atoms with Gasteiger partial charge in [-0.15, -0.1) is 0 Å². The fourth-order valence-electron chi connectivity index (χ4n) is 1.87. The Labute approximate surface area is 140 Å². The topological polar surface area (TPSA) is 154 Å². The molecule has 2 amide bonds. The Morgan fingerprint density at radius 3 is 2.40 bits per heavy atom. The van der Waals surface area contributed by atoms with Crippen LogP contribution >= 0.6 is 0 Å². The number of phenols is 1. The number of nitro benzene ring substituents is 1. The molecule has 10 heteroatoms. The molecule has 0 aromatic heterocycles. The van der Waals surface area contributed by atoms with Crippen molar-refractivity contribution < 1.29 is 24.8 Å². The molecule has 4 N–H and O–H groups in total. The number of hydrazone groups is 1. The second-order valence-corrected chi connectivity index (χ2v) is 4.73. The van der Waals surface area contributed by atoms with Crippen molar-refractivity contribution in [3.63, 3.8) is 0 Å². The minimum absolute atomic E-state index is 0.0828. The lowest BCUT2D eigenvalue weighted by molar-refractivity contribution is -0.385. The van der Waals surface area contributed by atoms with Gasteiger partial charge in [-0.05, 0) is 35.9 Å². The minimum atomic E-state index is -0.764. The van der Waals surface area contributed by atoms with Crippen LogP contribution in [0.15, 0.2) is 47.6 Å². The molecule has 0 fully saturated rings. The van der Waals surface area contributed by atoms with Crippen molar-refractivity contribution in [2.75, 3.05) is 0 Å². The summed E-state index contributed by atoms with van der Waals surface area (Å²) in [5.41, 5.74) is 3.77. The molecule has 0 unspecified atom stereocenters. The first-order valence-corrected chi connectivity index (χ1v) is 6.77. The van der Waals surface area contributed by atoms with Gasteiger partial charge in [0, 0.05) is 17.2 Å². The number of hydroxylamine groups is 1. The zero-order valence-electron chi connectivity index (χ0n) is 12.5. The number of hydrogen-bond donors (Lipinski definition) is 4. The summed E-state index contributed by atoms with van der Waals surface area (Å²) < 4.78 is 0. The van der Waals surface area contributed by atoms with Crippen molar-refractivity contribution in [2.24, 2.45) is 5.10 Å². The average molecular weight is 344 g/mol. The standard InChI is InChI=1S/C15H12N4O6/c20-13-6-9(4-5-12(13)19(24)25)8-16-17-14(21)10-2-1-3-11(7-10)15(22)18-23/h1-8,20,23H,(H,17,21)(H,18,22)/b16-8+. The molecule has 0 aliphatic heterocycles. The molecule has 0 aliphatic rings. The van der Waals surface area contributed by atoms with E-state index in [-0.39, 0.29) is 11.1 Å². The summed E-state index contributed by atoms with van der Waals surface area (Å²) in [7, 11) is 0. The Bertz CT molecular complexity index is 865. The molecule has 2 aromatic rings. The number of rotatable bonds is 5. The molecule has 2 aromatic carbocycles. The molecular weight excluding hydrogens is 332 g/mol. The number of nitro groups is 1. The highest BCUT2D eigenvalue weighted by Gasteiger charge is 2.12. The van der Waals surface area contributed by atoms with Crippen molar-refractivity contribution in [3.8, 4) is 5.75 Å². The van der Waals surface area contributed by atoms with E-state index >= 15 is 0 Å². The molecule has 2 rings (SSSR count). The zero-order chi connectivity index (χ0) is 18.4. The number of phenolic OH excluding ortho intramolecular Hbond substituents is 1. The number of amides is 2. The number of hydrogen-bond acceptors (Lipinski definition) is 7. The lowest BCUT2D eigenvalue weighted by atomic mass is 10.1. The Hall–Kier alpha value is -3.79. The maximum absolute atomic E-state index is 12.0. The number of benzene rings is 2. The second kappa shape index (κ2) is 7.66. The van der Waals surface area contributed by atoms with E-state index in [1.807, 2.05) is 0 Å². The van der Waals surface area contributed by atoms with Crippen molar-refractivity contribution in [1.29, 1.82) is 0 Å². The van der Waals surface area contributed by atoms with Gasteiger partial charge in [-0.25, -0.2) is 10.9 Å². The summed E-state index contributed by atoms with van der Waals surface area (Å²) in [4.78, 5) is 33.1. The predicted molar refractivity (Wildman–Crippen MR) is 85.5 cm³/mol. The summed E-state index contributed by atoms with van der Waals surface area (Å²) in [6.07, 6.45) is 1.19. The lowest BCUT2D eigenvalue weighted by Gasteiger charge is -2.03. The normalized spacial score (nSPS) is 10.4. The second-order valence-electron chi connectivity index (χ2n) is 4.73. The van der Waals surface area contributed by atoms with Gasteiger partial charge in [-0.2, -0.15) is 5.10 Å². The molecule has 0 saturated carbocycles. The molecule has 0 aliphatic carbocycles. The molecule has 0 spiro atoms. The van der Waals surface area contributed by atoms with E-state index in [2.05, 4.69) is 10.5 Å². The van der Waals surface area contributed by atoms with E-state index in [1.54, 1.807) is 0 Å². The van der Waals surface area contributed by atoms with Gasteiger partial charge >= 0.3 is 5.69 Å². The number of carbonyl (C=O) groups excluding carboxylic acids is 2. The van der Waals surface area contributed by atoms with Gasteiger partial charge in [-0.1, -0.05) is 6.07 Å². The van der Waals surface area contributed by atoms with Crippen LogP contribution in [-0.4, -0.2) is 33.3 Å². The van der Waals surface area contributed by atoms with Crippen LogP contribution in [0.4, 0.5) is 5.69 Å². The van der Waals surface area contributed by atoms with Crippen LogP contribution in [0.25, 0.3) is 0 Å². The predicted octanol–water partition coefficient (Wildman–Crippen LogP) is 1.18. The summed E-state index contributed by atoms with van der Waals surface area (Å²) in [5.74, 6) is -1.91. The molecule has 10 nitrogen and oxygen atoms in total. The van der Waals surface area contributed by atoms with E-state index in [0.717, 1.165) is 12.1 Å². The SMILES string of the molecule is O=C(NO)c1cccc(C(=O)N/N=C/c2ccc([N+](=O)[O-])c(O)c2)c1. The highest BCUT2D eigenvalue weighted by atomic mass is 16.6. The van der Waals surface area contributed by atoms with E-state index in [0.29, 0.717) is 5.56 Å². The van der Waals surface area contributed by atoms with Gasteiger partial charge in [-0.3, -0.25) is 24.9 Å². The van der Waals surface area contributed by atoms with Gasteiger partial charge < -0.3 is 5.11 Å². The maximum atomic E-state index is 12.0. The first-order valence-electron chi connectivity index (χ1n) is 6.77. The minimum Gasteiger partial charge on any atom is -0.502 e. The van der Waals surface area contributed by atoms with Crippen LogP contribution in [0.2, 0.25) is 0 Å². The molecule has 25 heavy (non-hydrogen) atoms. The van der Waals surface area contributed by atoms with E-state index in [1.165, 1.54) is 42.0 Å². The lowest BCUT2D eigenvalue weighted by Crippen LogP contribution is -2.21. The number of carbonyl (C=O) groups is 2. The van der Waals surface area contributed by atoms with E-state index in [9.17, 15) is 24.8 Å². The molecule has 128 valence electrons. The van der Waals surface area contributed by atoms with Crippen LogP contribution in [0.3, 0.4) is 0 Å². The van der Waals surface area contributed by atoms with Gasteiger partial charge in [0.25, 0.3) is 11.8 Å². The fraction of sp³-hybridized carbons (Fsp3) is 0. The molecule has 0 saturated heterocycles. The summed E-state index contributed by atoms with van der Waals surface area (Å²) in [6, 6.07) is 9.14. The van der Waals surface area contributed by atoms with E-state index in [4.69, 9.17) is 5.21 Å². The average Bonchev–Trinajstić information content (AvgIpc) is 2.60. The maximum Gasteiger partial charge on any atom is 0.310 e. The Morgan fingerprint density at radius 2 is 1.80 bits per heavy atom. The van der Waals surface area contributed by atoms with Crippen LogP contribution in [0.5, 0.6) is 5.75 Å². The summed E-state index contributed by atoms with van der Waals surface area (Å²) in [5, 5.41) is 32.4. The highest BCUT2D eigenvalue weighted by Crippen LogP contribution is 2.25. The first kappa shape index (κ1) is 17.6. The molecule has 0 heterocycles. The third-order valence-corrected chi connectivity index (χ3v) is 3.06.